The van der Waals surface area contributed by atoms with Gasteiger partial charge in [-0.1, -0.05) is 0 Å². The van der Waals surface area contributed by atoms with E-state index in [0.717, 1.165) is 0 Å². The summed E-state index contributed by atoms with van der Waals surface area (Å²) in [4.78, 5) is 22.5. The Morgan fingerprint density at radius 3 is 2.29 bits per heavy atom. The molecule has 0 aliphatic carbocycles. The van der Waals surface area contributed by atoms with Crippen LogP contribution in [0.3, 0.4) is 0 Å². The third-order valence-electron chi connectivity index (χ3n) is 3.99. The molecule has 0 spiro atoms. The lowest BCUT2D eigenvalue weighted by Crippen LogP contribution is -2.61. The Kier molecular flexibility index (Phi) is 8.68. The second-order valence-corrected chi connectivity index (χ2v) is 5.76. The van der Waals surface area contributed by atoms with Crippen molar-refractivity contribution in [2.75, 3.05) is 0 Å². The summed E-state index contributed by atoms with van der Waals surface area (Å²) in [5, 5.41) is 39.1. The molecule has 2 aromatic rings. The predicted molar refractivity (Wildman–Crippen MR) is 93.0 cm³/mol. The highest BCUT2D eigenvalue weighted by molar-refractivity contribution is 5.81. The second kappa shape index (κ2) is 9.57. The maximum absolute atomic E-state index is 11.5. The second-order valence-electron chi connectivity index (χ2n) is 5.76. The van der Waals surface area contributed by atoms with E-state index in [0.29, 0.717) is 10.9 Å². The highest BCUT2D eigenvalue weighted by atomic mass is 16.7. The molecule has 158 valence electrons. The van der Waals surface area contributed by atoms with E-state index in [9.17, 15) is 24.9 Å². The number of aryl methyl sites for hydroxylation is 1. The van der Waals surface area contributed by atoms with Crippen LogP contribution < -0.4 is 10.4 Å². The molecule has 28 heavy (non-hydrogen) atoms. The SMILES string of the molecule is Cc1cc(=O)oc2cc(OC3OC(C(=O)O)C(O)C(O)C3O)ccc12.O.O.O. The Labute approximate surface area is 157 Å². The third-order valence-corrected chi connectivity index (χ3v) is 3.99. The number of aliphatic hydroxyl groups excluding tert-OH is 3. The summed E-state index contributed by atoms with van der Waals surface area (Å²) >= 11 is 0. The first-order chi connectivity index (χ1) is 11.8. The van der Waals surface area contributed by atoms with Crippen molar-refractivity contribution in [2.45, 2.75) is 37.6 Å². The van der Waals surface area contributed by atoms with Crippen molar-refractivity contribution in [3.63, 3.8) is 0 Å². The topological polar surface area (TPSA) is 241 Å². The number of aliphatic hydroxyl groups is 3. The van der Waals surface area contributed by atoms with Crippen molar-refractivity contribution in [1.29, 1.82) is 0 Å². The van der Waals surface area contributed by atoms with Gasteiger partial charge in [0.1, 0.15) is 29.6 Å². The van der Waals surface area contributed by atoms with Crippen LogP contribution in [-0.2, 0) is 9.53 Å². The smallest absolute Gasteiger partial charge is 0.336 e. The van der Waals surface area contributed by atoms with Gasteiger partial charge in [-0.25, -0.2) is 9.59 Å². The molecule has 10 N–H and O–H groups in total. The summed E-state index contributed by atoms with van der Waals surface area (Å²) in [5.74, 6) is -1.38. The molecule has 1 saturated heterocycles. The average Bonchev–Trinajstić information content (AvgIpc) is 2.54. The molecule has 12 heteroatoms. The van der Waals surface area contributed by atoms with Gasteiger partial charge in [0, 0.05) is 17.5 Å². The van der Waals surface area contributed by atoms with E-state index in [4.69, 9.17) is 19.0 Å². The number of fused-ring (bicyclic) bond motifs is 1. The first kappa shape index (κ1) is 25.4. The average molecular weight is 406 g/mol. The minimum atomic E-state index is -1.80. The zero-order chi connectivity index (χ0) is 18.3. The van der Waals surface area contributed by atoms with Gasteiger partial charge >= 0.3 is 11.6 Å². The van der Waals surface area contributed by atoms with Crippen LogP contribution in [0.5, 0.6) is 5.75 Å². The number of carboxylic acid groups (broad SMARTS) is 1. The quantitative estimate of drug-likeness (QED) is 0.376. The highest BCUT2D eigenvalue weighted by Crippen LogP contribution is 2.27. The van der Waals surface area contributed by atoms with Crippen LogP contribution in [0.1, 0.15) is 5.56 Å². The molecule has 0 radical (unpaired) electrons. The van der Waals surface area contributed by atoms with E-state index >= 15 is 0 Å². The summed E-state index contributed by atoms with van der Waals surface area (Å²) in [6.07, 6.45) is -8.53. The predicted octanol–water partition coefficient (Wildman–Crippen LogP) is -3.10. The van der Waals surface area contributed by atoms with Crippen LogP contribution in [0.4, 0.5) is 0 Å². The van der Waals surface area contributed by atoms with E-state index in [1.165, 1.54) is 18.2 Å². The molecule has 0 saturated carbocycles. The fourth-order valence-electron chi connectivity index (χ4n) is 2.66. The fourth-order valence-corrected chi connectivity index (χ4v) is 2.66. The van der Waals surface area contributed by atoms with Gasteiger partial charge < -0.3 is 50.7 Å². The van der Waals surface area contributed by atoms with Crippen molar-refractivity contribution in [1.82, 2.24) is 0 Å². The number of ether oxygens (including phenoxy) is 2. The molecule has 5 unspecified atom stereocenters. The number of hydrogen-bond donors (Lipinski definition) is 4. The molecular weight excluding hydrogens is 384 g/mol. The summed E-state index contributed by atoms with van der Waals surface area (Å²) < 4.78 is 15.5. The van der Waals surface area contributed by atoms with Crippen LogP contribution in [0, 0.1) is 6.92 Å². The molecule has 12 nitrogen and oxygen atoms in total. The molecule has 5 atom stereocenters. The number of rotatable bonds is 3. The molecule has 1 aliphatic heterocycles. The monoisotopic (exact) mass is 406 g/mol. The molecule has 3 rings (SSSR count). The Bertz CT molecular complexity index is 862. The zero-order valence-corrected chi connectivity index (χ0v) is 14.5. The van der Waals surface area contributed by atoms with Gasteiger partial charge in [-0.2, -0.15) is 0 Å². The van der Waals surface area contributed by atoms with E-state index in [1.807, 2.05) is 0 Å². The van der Waals surface area contributed by atoms with Crippen LogP contribution in [0.2, 0.25) is 0 Å². The van der Waals surface area contributed by atoms with Crippen molar-refractivity contribution >= 4 is 16.9 Å². The molecule has 1 aromatic heterocycles. The Morgan fingerprint density at radius 2 is 1.68 bits per heavy atom. The summed E-state index contributed by atoms with van der Waals surface area (Å²) in [6.45, 7) is 1.74. The van der Waals surface area contributed by atoms with Crippen LogP contribution in [-0.4, -0.2) is 73.5 Å². The third kappa shape index (κ3) is 4.63. The van der Waals surface area contributed by atoms with Crippen LogP contribution >= 0.6 is 0 Å². The molecule has 0 bridgehead atoms. The lowest BCUT2D eigenvalue weighted by Gasteiger charge is -2.38. The summed E-state index contributed by atoms with van der Waals surface area (Å²) in [5.41, 5.74) is 0.403. The van der Waals surface area contributed by atoms with Gasteiger partial charge in [0.15, 0.2) is 6.10 Å². The van der Waals surface area contributed by atoms with Gasteiger partial charge in [0.25, 0.3) is 0 Å². The van der Waals surface area contributed by atoms with Crippen molar-refractivity contribution in [3.05, 3.63) is 40.2 Å². The van der Waals surface area contributed by atoms with Crippen LogP contribution in [0.15, 0.2) is 33.5 Å². The number of benzene rings is 1. The van der Waals surface area contributed by atoms with Gasteiger partial charge in [-0.3, -0.25) is 0 Å². The van der Waals surface area contributed by atoms with E-state index in [-0.39, 0.29) is 27.8 Å². The minimum Gasteiger partial charge on any atom is -0.479 e. The Hall–Kier alpha value is -2.58. The largest absolute Gasteiger partial charge is 0.479 e. The summed E-state index contributed by atoms with van der Waals surface area (Å²) in [6, 6.07) is 5.86. The van der Waals surface area contributed by atoms with Gasteiger partial charge in [-0.05, 0) is 24.6 Å². The van der Waals surface area contributed by atoms with E-state index < -0.39 is 42.3 Å². The molecule has 1 fully saturated rings. The molecule has 0 amide bonds. The number of aliphatic carboxylic acids is 1. The van der Waals surface area contributed by atoms with Crippen molar-refractivity contribution < 1.29 is 55.5 Å². The normalized spacial score (nSPS) is 26.4. The Balaban J connectivity index is 0.00000243. The summed E-state index contributed by atoms with van der Waals surface area (Å²) in [7, 11) is 0. The maximum atomic E-state index is 11.5. The first-order valence-electron chi connectivity index (χ1n) is 7.41. The lowest BCUT2D eigenvalue weighted by molar-refractivity contribution is -0.271. The van der Waals surface area contributed by atoms with Gasteiger partial charge in [-0.15, -0.1) is 0 Å². The minimum absolute atomic E-state index is 0. The van der Waals surface area contributed by atoms with E-state index in [1.54, 1.807) is 13.0 Å². The maximum Gasteiger partial charge on any atom is 0.336 e. The lowest BCUT2D eigenvalue weighted by atomic mass is 9.99. The number of carbonyl (C=O) groups is 1. The Morgan fingerprint density at radius 1 is 1.04 bits per heavy atom. The zero-order valence-electron chi connectivity index (χ0n) is 14.5. The molecule has 2 heterocycles. The standard InChI is InChI=1S/C16H16O9.3H2O/c1-6-4-10(17)24-9-5-7(2-3-8(6)9)23-16-13(20)11(18)12(19)14(25-16)15(21)22;;;/h2-5,11-14,16,18-20H,1H3,(H,21,22);3*1H2. The van der Waals surface area contributed by atoms with Crippen LogP contribution in [0.25, 0.3) is 11.0 Å². The van der Waals surface area contributed by atoms with Gasteiger partial charge in [0.2, 0.25) is 6.29 Å². The fraction of sp³-hybridized carbons (Fsp3) is 0.375. The number of hydrogen-bond acceptors (Lipinski definition) is 8. The van der Waals surface area contributed by atoms with Gasteiger partial charge in [0.05, 0.1) is 0 Å². The van der Waals surface area contributed by atoms with Crippen molar-refractivity contribution in [2.24, 2.45) is 0 Å². The molecular formula is C16H22O12. The first-order valence-corrected chi connectivity index (χ1v) is 7.41. The van der Waals surface area contributed by atoms with E-state index in [2.05, 4.69) is 0 Å². The number of carboxylic acids is 1. The molecule has 1 aliphatic rings. The van der Waals surface area contributed by atoms with Crippen molar-refractivity contribution in [3.8, 4) is 5.75 Å². The molecule has 1 aromatic carbocycles. The highest BCUT2D eigenvalue weighted by Gasteiger charge is 2.48.